The maximum atomic E-state index is 11.3. The number of primary amides is 1. The van der Waals surface area contributed by atoms with Crippen molar-refractivity contribution in [1.29, 1.82) is 0 Å². The van der Waals surface area contributed by atoms with Gasteiger partial charge in [-0.15, -0.1) is 0 Å². The van der Waals surface area contributed by atoms with E-state index in [0.29, 0.717) is 6.54 Å². The molecule has 0 fully saturated rings. The second-order valence-corrected chi connectivity index (χ2v) is 3.62. The Kier molecular flexibility index (Phi) is 8.46. The first-order valence-corrected chi connectivity index (χ1v) is 5.38. The molecule has 0 aromatic carbocycles. The van der Waals surface area contributed by atoms with Crippen LogP contribution in [0.1, 0.15) is 25.7 Å². The van der Waals surface area contributed by atoms with Crippen molar-refractivity contribution in [2.75, 3.05) is 20.3 Å². The Hall–Kier alpha value is -1.14. The zero-order chi connectivity index (χ0) is 12.4. The number of ether oxygens (including phenoxy) is 1. The van der Waals surface area contributed by atoms with E-state index in [2.05, 4.69) is 5.32 Å². The van der Waals surface area contributed by atoms with E-state index in [1.807, 2.05) is 0 Å². The smallest absolute Gasteiger partial charge is 0.237 e. The lowest BCUT2D eigenvalue weighted by molar-refractivity contribution is -0.126. The Labute approximate surface area is 95.7 Å². The lowest BCUT2D eigenvalue weighted by Crippen LogP contribution is -2.43. The average molecular weight is 231 g/mol. The third-order valence-corrected chi connectivity index (χ3v) is 2.08. The van der Waals surface area contributed by atoms with Gasteiger partial charge in [0.2, 0.25) is 11.8 Å². The van der Waals surface area contributed by atoms with Crippen LogP contribution in [0.3, 0.4) is 0 Å². The predicted molar refractivity (Wildman–Crippen MR) is 60.5 cm³/mol. The molecule has 1 unspecified atom stereocenters. The molecule has 0 bridgehead atoms. The number of unbranched alkanes of at least 4 members (excludes halogenated alkanes) is 2. The van der Waals surface area contributed by atoms with Crippen LogP contribution in [-0.4, -0.2) is 38.1 Å². The van der Waals surface area contributed by atoms with Crippen LogP contribution < -0.4 is 16.8 Å². The van der Waals surface area contributed by atoms with E-state index in [-0.39, 0.29) is 12.3 Å². The van der Waals surface area contributed by atoms with Gasteiger partial charge in [0.05, 0.1) is 12.5 Å². The minimum absolute atomic E-state index is 0.116. The largest absolute Gasteiger partial charge is 0.385 e. The van der Waals surface area contributed by atoms with Crippen LogP contribution in [0.5, 0.6) is 0 Å². The third kappa shape index (κ3) is 8.19. The molecule has 0 spiro atoms. The van der Waals surface area contributed by atoms with E-state index in [4.69, 9.17) is 16.2 Å². The molecule has 0 rings (SSSR count). The monoisotopic (exact) mass is 231 g/mol. The highest BCUT2D eigenvalue weighted by molar-refractivity contribution is 5.87. The number of carbonyl (C=O) groups is 2. The van der Waals surface area contributed by atoms with Gasteiger partial charge < -0.3 is 21.5 Å². The lowest BCUT2D eigenvalue weighted by atomic mass is 10.2. The third-order valence-electron chi connectivity index (χ3n) is 2.08. The molecule has 94 valence electrons. The number of hydrogen-bond acceptors (Lipinski definition) is 4. The van der Waals surface area contributed by atoms with Gasteiger partial charge in [0.1, 0.15) is 0 Å². The van der Waals surface area contributed by atoms with Crippen LogP contribution in [0.15, 0.2) is 0 Å². The minimum Gasteiger partial charge on any atom is -0.385 e. The van der Waals surface area contributed by atoms with Crippen LogP contribution in [-0.2, 0) is 14.3 Å². The summed E-state index contributed by atoms with van der Waals surface area (Å²) in [6, 6.07) is -0.837. The summed E-state index contributed by atoms with van der Waals surface area (Å²) in [5.41, 5.74) is 10.4. The highest BCUT2D eigenvalue weighted by atomic mass is 16.5. The molecule has 1 atom stereocenters. The van der Waals surface area contributed by atoms with Crippen LogP contribution in [0.2, 0.25) is 0 Å². The number of nitrogens with one attached hydrogen (secondary N) is 1. The predicted octanol–water partition coefficient (Wildman–Crippen LogP) is -0.878. The van der Waals surface area contributed by atoms with E-state index < -0.39 is 11.9 Å². The summed E-state index contributed by atoms with van der Waals surface area (Å²) in [6.45, 7) is 1.30. The Morgan fingerprint density at radius 2 is 2.00 bits per heavy atom. The fourth-order valence-electron chi connectivity index (χ4n) is 1.20. The Balaban J connectivity index is 3.46. The SMILES string of the molecule is COCCCCCNC(=O)C(N)CC(N)=O. The van der Waals surface area contributed by atoms with Gasteiger partial charge in [-0.2, -0.15) is 0 Å². The number of carbonyl (C=O) groups excluding carboxylic acids is 2. The number of methoxy groups -OCH3 is 1. The van der Waals surface area contributed by atoms with Gasteiger partial charge in [-0.1, -0.05) is 0 Å². The first-order chi connectivity index (χ1) is 7.57. The van der Waals surface area contributed by atoms with Gasteiger partial charge in [0.25, 0.3) is 0 Å². The molecule has 0 aliphatic heterocycles. The topological polar surface area (TPSA) is 107 Å². The molecule has 5 N–H and O–H groups in total. The molecule has 0 aromatic heterocycles. The molecule has 6 nitrogen and oxygen atoms in total. The van der Waals surface area contributed by atoms with Crippen molar-refractivity contribution >= 4 is 11.8 Å². The van der Waals surface area contributed by atoms with Gasteiger partial charge in [0.15, 0.2) is 0 Å². The molecule has 0 radical (unpaired) electrons. The van der Waals surface area contributed by atoms with E-state index in [1.54, 1.807) is 7.11 Å². The fourth-order valence-corrected chi connectivity index (χ4v) is 1.20. The molecule has 0 aliphatic carbocycles. The first kappa shape index (κ1) is 14.9. The van der Waals surface area contributed by atoms with Crippen molar-refractivity contribution < 1.29 is 14.3 Å². The lowest BCUT2D eigenvalue weighted by Gasteiger charge is -2.10. The highest BCUT2D eigenvalue weighted by Crippen LogP contribution is 1.94. The zero-order valence-corrected chi connectivity index (χ0v) is 9.70. The number of amides is 2. The Bertz CT molecular complexity index is 221. The standard InChI is InChI=1S/C10H21N3O3/c1-16-6-4-2-3-5-13-10(15)8(11)7-9(12)14/h8H,2-7,11H2,1H3,(H2,12,14)(H,13,15). The van der Waals surface area contributed by atoms with Crippen molar-refractivity contribution in [1.82, 2.24) is 5.32 Å². The van der Waals surface area contributed by atoms with Gasteiger partial charge >= 0.3 is 0 Å². The molecule has 0 saturated heterocycles. The molecule has 16 heavy (non-hydrogen) atoms. The first-order valence-electron chi connectivity index (χ1n) is 5.38. The zero-order valence-electron chi connectivity index (χ0n) is 9.70. The summed E-state index contributed by atoms with van der Waals surface area (Å²) in [6.07, 6.45) is 2.72. The van der Waals surface area contributed by atoms with E-state index in [9.17, 15) is 9.59 Å². The maximum absolute atomic E-state index is 11.3. The minimum atomic E-state index is -0.837. The van der Waals surface area contributed by atoms with Gasteiger partial charge in [-0.25, -0.2) is 0 Å². The second kappa shape index (κ2) is 9.11. The van der Waals surface area contributed by atoms with Crippen LogP contribution in [0.25, 0.3) is 0 Å². The summed E-state index contributed by atoms with van der Waals surface area (Å²) in [5.74, 6) is -0.895. The van der Waals surface area contributed by atoms with Gasteiger partial charge in [-0.3, -0.25) is 9.59 Å². The fraction of sp³-hybridized carbons (Fsp3) is 0.800. The van der Waals surface area contributed by atoms with E-state index in [0.717, 1.165) is 25.9 Å². The molecular formula is C10H21N3O3. The van der Waals surface area contributed by atoms with Crippen molar-refractivity contribution in [3.63, 3.8) is 0 Å². The normalized spacial score (nSPS) is 12.1. The van der Waals surface area contributed by atoms with Crippen LogP contribution in [0, 0.1) is 0 Å². The summed E-state index contributed by atoms with van der Waals surface area (Å²) in [7, 11) is 1.66. The summed E-state index contributed by atoms with van der Waals surface area (Å²) in [5, 5.41) is 2.65. The average Bonchev–Trinajstić information content (AvgIpc) is 2.21. The molecule has 0 heterocycles. The van der Waals surface area contributed by atoms with E-state index in [1.165, 1.54) is 0 Å². The highest BCUT2D eigenvalue weighted by Gasteiger charge is 2.14. The summed E-state index contributed by atoms with van der Waals surface area (Å²) in [4.78, 5) is 21.8. The Morgan fingerprint density at radius 1 is 1.31 bits per heavy atom. The van der Waals surface area contributed by atoms with Crippen molar-refractivity contribution in [3.05, 3.63) is 0 Å². The molecule has 0 aliphatic rings. The second-order valence-electron chi connectivity index (χ2n) is 3.62. The quantitative estimate of drug-likeness (QED) is 0.448. The Morgan fingerprint density at radius 3 is 2.56 bits per heavy atom. The van der Waals surface area contributed by atoms with E-state index >= 15 is 0 Å². The molecular weight excluding hydrogens is 210 g/mol. The maximum Gasteiger partial charge on any atom is 0.237 e. The molecule has 0 saturated carbocycles. The van der Waals surface area contributed by atoms with Crippen LogP contribution in [0.4, 0.5) is 0 Å². The van der Waals surface area contributed by atoms with Crippen molar-refractivity contribution in [3.8, 4) is 0 Å². The number of rotatable bonds is 9. The van der Waals surface area contributed by atoms with Crippen molar-refractivity contribution in [2.45, 2.75) is 31.7 Å². The van der Waals surface area contributed by atoms with Gasteiger partial charge in [0, 0.05) is 20.3 Å². The molecule has 2 amide bonds. The van der Waals surface area contributed by atoms with Crippen molar-refractivity contribution in [2.24, 2.45) is 11.5 Å². The van der Waals surface area contributed by atoms with Gasteiger partial charge in [-0.05, 0) is 19.3 Å². The number of nitrogens with two attached hydrogens (primary N) is 2. The number of hydrogen-bond donors (Lipinski definition) is 3. The van der Waals surface area contributed by atoms with Crippen LogP contribution >= 0.6 is 0 Å². The molecule has 6 heteroatoms. The molecule has 0 aromatic rings. The summed E-state index contributed by atoms with van der Waals surface area (Å²) >= 11 is 0. The summed E-state index contributed by atoms with van der Waals surface area (Å²) < 4.78 is 4.89.